The molecule has 0 bridgehead atoms. The normalized spacial score (nSPS) is 9.50. The van der Waals surface area contributed by atoms with E-state index in [1.165, 1.54) is 16.7 Å². The average Bonchev–Trinajstić information content (AvgIpc) is 2.49. The minimum absolute atomic E-state index is 1.12. The van der Waals surface area contributed by atoms with Crippen LogP contribution in [0.25, 0.3) is 0 Å². The Morgan fingerprint density at radius 3 is 1.56 bits per heavy atom. The van der Waals surface area contributed by atoms with E-state index in [1.807, 2.05) is 13.8 Å². The topological polar surface area (TPSA) is 0 Å². The molecule has 2 aromatic carbocycles. The lowest BCUT2D eigenvalue weighted by atomic mass is 10.0. The van der Waals surface area contributed by atoms with Gasteiger partial charge < -0.3 is 0 Å². The summed E-state index contributed by atoms with van der Waals surface area (Å²) in [6.45, 7) is 6.19. The molecule has 96 valence electrons. The molecule has 2 aromatic rings. The Labute approximate surface area is 112 Å². The van der Waals surface area contributed by atoms with E-state index in [4.69, 9.17) is 0 Å². The molecule has 0 fully saturated rings. The van der Waals surface area contributed by atoms with Gasteiger partial charge in [0.1, 0.15) is 0 Å². The lowest BCUT2D eigenvalue weighted by molar-refractivity contribution is 0.957. The second-order valence-electron chi connectivity index (χ2n) is 4.16. The molecule has 0 spiro atoms. The molecule has 0 aliphatic heterocycles. The van der Waals surface area contributed by atoms with Crippen LogP contribution >= 0.6 is 0 Å². The summed E-state index contributed by atoms with van der Waals surface area (Å²) in [4.78, 5) is 0. The number of hydrogen-bond donors (Lipinski definition) is 0. The highest BCUT2D eigenvalue weighted by Gasteiger charge is 1.95. The molecule has 0 radical (unpaired) electrons. The fraction of sp³-hybridized carbons (Fsp3) is 0.333. The SMILES string of the molecule is CC.CCc1ccc(CCc2ccccc2)cc1. The van der Waals surface area contributed by atoms with Gasteiger partial charge >= 0.3 is 0 Å². The smallest absolute Gasteiger partial charge is 0.0238 e. The maximum atomic E-state index is 2.25. The van der Waals surface area contributed by atoms with Crippen molar-refractivity contribution in [1.82, 2.24) is 0 Å². The molecule has 0 aliphatic rings. The van der Waals surface area contributed by atoms with Crippen LogP contribution in [0.4, 0.5) is 0 Å². The van der Waals surface area contributed by atoms with Crippen molar-refractivity contribution < 1.29 is 0 Å². The Bertz CT molecular complexity index is 412. The van der Waals surface area contributed by atoms with E-state index in [-0.39, 0.29) is 0 Å². The van der Waals surface area contributed by atoms with Crippen LogP contribution in [-0.2, 0) is 19.3 Å². The Kier molecular flexibility index (Phi) is 6.86. The van der Waals surface area contributed by atoms with Gasteiger partial charge in [-0.1, -0.05) is 75.4 Å². The van der Waals surface area contributed by atoms with Gasteiger partial charge in [0.2, 0.25) is 0 Å². The summed E-state index contributed by atoms with van der Waals surface area (Å²) in [6, 6.07) is 19.6. The van der Waals surface area contributed by atoms with Crippen LogP contribution in [0, 0.1) is 0 Å². The average molecular weight is 240 g/mol. The quantitative estimate of drug-likeness (QED) is 0.700. The van der Waals surface area contributed by atoms with Crippen LogP contribution in [0.3, 0.4) is 0 Å². The third-order valence-corrected chi connectivity index (χ3v) is 2.98. The van der Waals surface area contributed by atoms with E-state index in [1.54, 1.807) is 0 Å². The van der Waals surface area contributed by atoms with E-state index in [0.717, 1.165) is 19.3 Å². The molecule has 0 aliphatic carbocycles. The van der Waals surface area contributed by atoms with Gasteiger partial charge in [0, 0.05) is 0 Å². The maximum absolute atomic E-state index is 2.25. The van der Waals surface area contributed by atoms with Gasteiger partial charge in [-0.05, 0) is 36.0 Å². The Hall–Kier alpha value is -1.56. The number of benzene rings is 2. The van der Waals surface area contributed by atoms with Crippen LogP contribution in [0.1, 0.15) is 37.5 Å². The van der Waals surface area contributed by atoms with Gasteiger partial charge in [0.15, 0.2) is 0 Å². The van der Waals surface area contributed by atoms with Crippen molar-refractivity contribution in [2.24, 2.45) is 0 Å². The molecule has 0 nitrogen and oxygen atoms in total. The standard InChI is InChI=1S/C16H18.C2H6/c1-2-14-8-10-16(11-9-14)13-12-15-6-4-3-5-7-15;1-2/h3-11H,2,12-13H2,1H3;1-2H3. The first kappa shape index (κ1) is 14.5. The van der Waals surface area contributed by atoms with Gasteiger partial charge in [-0.2, -0.15) is 0 Å². The summed E-state index contributed by atoms with van der Waals surface area (Å²) in [5, 5.41) is 0. The van der Waals surface area contributed by atoms with Crippen molar-refractivity contribution in [2.45, 2.75) is 40.0 Å². The summed E-state index contributed by atoms with van der Waals surface area (Å²) < 4.78 is 0. The molecule has 0 heterocycles. The molecule has 0 amide bonds. The molecule has 0 saturated heterocycles. The molecule has 2 rings (SSSR count). The van der Waals surface area contributed by atoms with Crippen molar-refractivity contribution in [3.63, 3.8) is 0 Å². The first-order chi connectivity index (χ1) is 8.88. The van der Waals surface area contributed by atoms with Crippen molar-refractivity contribution in [3.8, 4) is 0 Å². The van der Waals surface area contributed by atoms with Crippen LogP contribution < -0.4 is 0 Å². The highest BCUT2D eigenvalue weighted by Crippen LogP contribution is 2.09. The monoisotopic (exact) mass is 240 g/mol. The van der Waals surface area contributed by atoms with E-state index < -0.39 is 0 Å². The summed E-state index contributed by atoms with van der Waals surface area (Å²) in [5.41, 5.74) is 4.27. The fourth-order valence-electron chi connectivity index (χ4n) is 1.87. The van der Waals surface area contributed by atoms with Gasteiger partial charge in [-0.25, -0.2) is 0 Å². The van der Waals surface area contributed by atoms with E-state index in [2.05, 4.69) is 61.5 Å². The third kappa shape index (κ3) is 4.75. The molecule has 0 unspecified atom stereocenters. The minimum Gasteiger partial charge on any atom is -0.0683 e. The van der Waals surface area contributed by atoms with Gasteiger partial charge in [-0.3, -0.25) is 0 Å². The summed E-state index contributed by atoms with van der Waals surface area (Å²) in [6.07, 6.45) is 3.39. The highest BCUT2D eigenvalue weighted by atomic mass is 14.0. The highest BCUT2D eigenvalue weighted by molar-refractivity contribution is 5.24. The predicted molar refractivity (Wildman–Crippen MR) is 81.0 cm³/mol. The lowest BCUT2D eigenvalue weighted by Gasteiger charge is -2.03. The molecular formula is C18H24. The van der Waals surface area contributed by atoms with Gasteiger partial charge in [0.05, 0.1) is 0 Å². The van der Waals surface area contributed by atoms with Crippen molar-refractivity contribution in [3.05, 3.63) is 71.3 Å². The zero-order valence-corrected chi connectivity index (χ0v) is 11.8. The molecule has 0 atom stereocenters. The summed E-state index contributed by atoms with van der Waals surface area (Å²) >= 11 is 0. The lowest BCUT2D eigenvalue weighted by Crippen LogP contribution is -1.91. The number of rotatable bonds is 4. The van der Waals surface area contributed by atoms with Gasteiger partial charge in [0.25, 0.3) is 0 Å². The molecular weight excluding hydrogens is 216 g/mol. The van der Waals surface area contributed by atoms with Gasteiger partial charge in [-0.15, -0.1) is 0 Å². The summed E-state index contributed by atoms with van der Waals surface area (Å²) in [7, 11) is 0. The van der Waals surface area contributed by atoms with E-state index in [9.17, 15) is 0 Å². The van der Waals surface area contributed by atoms with E-state index in [0.29, 0.717) is 0 Å². The van der Waals surface area contributed by atoms with E-state index >= 15 is 0 Å². The van der Waals surface area contributed by atoms with Crippen LogP contribution in [0.2, 0.25) is 0 Å². The van der Waals surface area contributed by atoms with Crippen molar-refractivity contribution in [1.29, 1.82) is 0 Å². The van der Waals surface area contributed by atoms with Crippen LogP contribution in [0.15, 0.2) is 54.6 Å². The zero-order chi connectivity index (χ0) is 13.2. The minimum atomic E-state index is 1.12. The number of aryl methyl sites for hydroxylation is 3. The molecule has 0 aromatic heterocycles. The molecule has 0 heteroatoms. The second-order valence-corrected chi connectivity index (χ2v) is 4.16. The fourth-order valence-corrected chi connectivity index (χ4v) is 1.87. The first-order valence-corrected chi connectivity index (χ1v) is 7.00. The van der Waals surface area contributed by atoms with Crippen molar-refractivity contribution >= 4 is 0 Å². The summed E-state index contributed by atoms with van der Waals surface area (Å²) in [5.74, 6) is 0. The maximum Gasteiger partial charge on any atom is -0.0238 e. The molecule has 18 heavy (non-hydrogen) atoms. The second kappa shape index (κ2) is 8.52. The molecule has 0 saturated carbocycles. The first-order valence-electron chi connectivity index (χ1n) is 7.00. The third-order valence-electron chi connectivity index (χ3n) is 2.98. The Balaban J connectivity index is 0.000000771. The Morgan fingerprint density at radius 2 is 1.06 bits per heavy atom. The predicted octanol–water partition coefficient (Wildman–Crippen LogP) is 5.06. The van der Waals surface area contributed by atoms with Crippen LogP contribution in [0.5, 0.6) is 0 Å². The Morgan fingerprint density at radius 1 is 0.611 bits per heavy atom. The van der Waals surface area contributed by atoms with Crippen LogP contribution in [-0.4, -0.2) is 0 Å². The number of hydrogen-bond acceptors (Lipinski definition) is 0. The molecule has 0 N–H and O–H groups in total. The largest absolute Gasteiger partial charge is 0.0683 e. The zero-order valence-electron chi connectivity index (χ0n) is 11.8. The van der Waals surface area contributed by atoms with Crippen molar-refractivity contribution in [2.75, 3.05) is 0 Å².